The Kier molecular flexibility index (Phi) is 6.18. The number of hydrogen-bond acceptors (Lipinski definition) is 4. The van der Waals surface area contributed by atoms with Crippen molar-refractivity contribution in [3.63, 3.8) is 0 Å². The number of nitrogens with one attached hydrogen (secondary N) is 1. The lowest BCUT2D eigenvalue weighted by atomic mass is 10.2. The molecule has 0 spiro atoms. The first-order valence-corrected chi connectivity index (χ1v) is 8.38. The van der Waals surface area contributed by atoms with Gasteiger partial charge in [0.25, 0.3) is 0 Å². The molecule has 19 heavy (non-hydrogen) atoms. The third-order valence-corrected chi connectivity index (χ3v) is 4.35. The number of halogens is 1. The summed E-state index contributed by atoms with van der Waals surface area (Å²) in [4.78, 5) is 0.256. The lowest BCUT2D eigenvalue weighted by molar-refractivity contribution is 0.163. The van der Waals surface area contributed by atoms with Crippen molar-refractivity contribution >= 4 is 48.8 Å². The van der Waals surface area contributed by atoms with E-state index in [-0.39, 0.29) is 17.3 Å². The molecule has 0 aliphatic rings. The molecule has 106 valence electrons. The van der Waals surface area contributed by atoms with E-state index < -0.39 is 10.0 Å². The average Bonchev–Trinajstić information content (AvgIpc) is 2.31. The molecule has 0 aliphatic carbocycles. The van der Waals surface area contributed by atoms with Gasteiger partial charge < -0.3 is 10.5 Å². The van der Waals surface area contributed by atoms with Crippen LogP contribution >= 0.6 is 28.1 Å². The fraction of sp³-hybridized carbons (Fsp3) is 0.364. The summed E-state index contributed by atoms with van der Waals surface area (Å²) in [6, 6.07) is 4.94. The fourth-order valence-corrected chi connectivity index (χ4v) is 2.97. The molecule has 0 unspecified atom stereocenters. The first-order chi connectivity index (χ1) is 8.85. The number of thiocarbonyl (C=S) groups is 1. The molecule has 5 nitrogen and oxygen atoms in total. The minimum absolute atomic E-state index is 0.0929. The second-order valence-electron chi connectivity index (χ2n) is 3.68. The summed E-state index contributed by atoms with van der Waals surface area (Å²) in [5.74, 6) is -0.0929. The Labute approximate surface area is 126 Å². The average molecular weight is 367 g/mol. The Balaban J connectivity index is 2.79. The minimum atomic E-state index is -3.43. The highest BCUT2D eigenvalue weighted by Crippen LogP contribution is 2.24. The van der Waals surface area contributed by atoms with Gasteiger partial charge in [-0.1, -0.05) is 12.2 Å². The summed E-state index contributed by atoms with van der Waals surface area (Å²) in [5, 5.41) is 0. The third-order valence-electron chi connectivity index (χ3n) is 2.22. The van der Waals surface area contributed by atoms with Crippen molar-refractivity contribution in [1.29, 1.82) is 0 Å². The van der Waals surface area contributed by atoms with Crippen LogP contribution in [0, 0.1) is 0 Å². The van der Waals surface area contributed by atoms with Gasteiger partial charge in [0.05, 0.1) is 18.0 Å². The van der Waals surface area contributed by atoms with Crippen molar-refractivity contribution < 1.29 is 13.2 Å². The van der Waals surface area contributed by atoms with Crippen LogP contribution in [0.25, 0.3) is 0 Å². The summed E-state index contributed by atoms with van der Waals surface area (Å²) >= 11 is 8.12. The van der Waals surface area contributed by atoms with E-state index in [0.717, 1.165) is 0 Å². The Bertz CT molecular complexity index is 561. The van der Waals surface area contributed by atoms with Crippen molar-refractivity contribution in [2.24, 2.45) is 5.73 Å². The Hall–Kier alpha value is -0.700. The van der Waals surface area contributed by atoms with Crippen LogP contribution < -0.4 is 10.5 Å². The van der Waals surface area contributed by atoms with Gasteiger partial charge in [0.15, 0.2) is 0 Å². The van der Waals surface area contributed by atoms with Crippen LogP contribution in [0.5, 0.6) is 0 Å². The minimum Gasteiger partial charge on any atom is -0.389 e. The highest BCUT2D eigenvalue weighted by Gasteiger charge is 2.12. The Morgan fingerprint density at radius 1 is 1.53 bits per heavy atom. The molecular formula is C11H15BrN2O3S2. The molecule has 0 saturated carbocycles. The maximum atomic E-state index is 11.8. The molecule has 0 bridgehead atoms. The van der Waals surface area contributed by atoms with Gasteiger partial charge in [0, 0.05) is 16.6 Å². The molecule has 1 aromatic rings. The highest BCUT2D eigenvalue weighted by atomic mass is 79.9. The maximum Gasteiger partial charge on any atom is 0.235 e. The van der Waals surface area contributed by atoms with E-state index in [1.165, 1.54) is 0 Å². The first-order valence-electron chi connectivity index (χ1n) is 5.53. The molecular weight excluding hydrogens is 352 g/mol. The molecule has 1 rings (SSSR count). The van der Waals surface area contributed by atoms with Gasteiger partial charge in [0.2, 0.25) is 10.0 Å². The molecule has 0 fully saturated rings. The summed E-state index contributed by atoms with van der Waals surface area (Å²) in [5.41, 5.74) is 6.60. The molecule has 0 aliphatic heterocycles. The second-order valence-corrected chi connectivity index (χ2v) is 6.81. The van der Waals surface area contributed by atoms with E-state index in [2.05, 4.69) is 20.7 Å². The standard InChI is InChI=1S/C11H15BrN2O3S2/c1-2-17-5-6-19(15,16)14-10-4-3-8(11(13)18)7-9(10)12/h3-4,7,14H,2,5-6H2,1H3,(H2,13,18). The lowest BCUT2D eigenvalue weighted by Crippen LogP contribution is -2.20. The van der Waals surface area contributed by atoms with Crippen LogP contribution in [0.1, 0.15) is 12.5 Å². The SMILES string of the molecule is CCOCCS(=O)(=O)Nc1ccc(C(N)=S)cc1Br. The zero-order chi connectivity index (χ0) is 14.5. The quantitative estimate of drug-likeness (QED) is 0.568. The van der Waals surface area contributed by atoms with Crippen molar-refractivity contribution in [3.8, 4) is 0 Å². The van der Waals surface area contributed by atoms with E-state index in [0.29, 0.717) is 22.3 Å². The third kappa shape index (κ3) is 5.43. The van der Waals surface area contributed by atoms with Crippen molar-refractivity contribution in [2.45, 2.75) is 6.92 Å². The summed E-state index contributed by atoms with van der Waals surface area (Å²) in [6.45, 7) is 2.46. The zero-order valence-electron chi connectivity index (χ0n) is 10.3. The van der Waals surface area contributed by atoms with E-state index in [1.807, 2.05) is 6.92 Å². The number of anilines is 1. The van der Waals surface area contributed by atoms with Crippen molar-refractivity contribution in [1.82, 2.24) is 0 Å². The number of nitrogens with two attached hydrogens (primary N) is 1. The zero-order valence-corrected chi connectivity index (χ0v) is 13.6. The van der Waals surface area contributed by atoms with Crippen molar-refractivity contribution in [2.75, 3.05) is 23.7 Å². The number of rotatable bonds is 7. The van der Waals surface area contributed by atoms with Crippen LogP contribution in [0.2, 0.25) is 0 Å². The number of hydrogen-bond donors (Lipinski definition) is 2. The highest BCUT2D eigenvalue weighted by molar-refractivity contribution is 9.10. The molecule has 8 heteroatoms. The largest absolute Gasteiger partial charge is 0.389 e. The summed E-state index contributed by atoms with van der Waals surface area (Å²) in [7, 11) is -3.43. The second kappa shape index (κ2) is 7.18. The van der Waals surface area contributed by atoms with Crippen molar-refractivity contribution in [3.05, 3.63) is 28.2 Å². The smallest absolute Gasteiger partial charge is 0.235 e. The van der Waals surface area contributed by atoms with E-state index in [1.54, 1.807) is 18.2 Å². The predicted octanol–water partition coefficient (Wildman–Crippen LogP) is 1.86. The Morgan fingerprint density at radius 2 is 2.21 bits per heavy atom. The number of benzene rings is 1. The summed E-state index contributed by atoms with van der Waals surface area (Å²) < 4.78 is 31.6. The molecule has 0 aromatic heterocycles. The number of sulfonamides is 1. The Morgan fingerprint density at radius 3 is 2.74 bits per heavy atom. The molecule has 1 aromatic carbocycles. The van der Waals surface area contributed by atoms with E-state index >= 15 is 0 Å². The van der Waals surface area contributed by atoms with Crippen LogP contribution in [-0.4, -0.2) is 32.4 Å². The topological polar surface area (TPSA) is 81.4 Å². The van der Waals surface area contributed by atoms with Gasteiger partial charge in [-0.15, -0.1) is 0 Å². The van der Waals surface area contributed by atoms with Gasteiger partial charge in [-0.25, -0.2) is 8.42 Å². The van der Waals surface area contributed by atoms with Gasteiger partial charge in [-0.3, -0.25) is 4.72 Å². The molecule has 0 radical (unpaired) electrons. The normalized spacial score (nSPS) is 11.3. The van der Waals surface area contributed by atoms with Crippen LogP contribution in [-0.2, 0) is 14.8 Å². The number of ether oxygens (including phenoxy) is 1. The van der Waals surface area contributed by atoms with Gasteiger partial charge in [0.1, 0.15) is 4.99 Å². The van der Waals surface area contributed by atoms with E-state index in [9.17, 15) is 8.42 Å². The maximum absolute atomic E-state index is 11.8. The first kappa shape index (κ1) is 16.4. The van der Waals surface area contributed by atoms with Crippen LogP contribution in [0.15, 0.2) is 22.7 Å². The fourth-order valence-electron chi connectivity index (χ4n) is 1.28. The monoisotopic (exact) mass is 366 g/mol. The molecule has 0 saturated heterocycles. The molecule has 0 heterocycles. The van der Waals surface area contributed by atoms with Gasteiger partial charge in [-0.05, 0) is 41.1 Å². The molecule has 0 atom stereocenters. The summed E-state index contributed by atoms with van der Waals surface area (Å²) in [6.07, 6.45) is 0. The van der Waals surface area contributed by atoms with E-state index in [4.69, 9.17) is 22.7 Å². The molecule has 0 amide bonds. The van der Waals surface area contributed by atoms with Gasteiger partial charge in [-0.2, -0.15) is 0 Å². The van der Waals surface area contributed by atoms with Crippen LogP contribution in [0.4, 0.5) is 5.69 Å². The van der Waals surface area contributed by atoms with Gasteiger partial charge >= 0.3 is 0 Å². The van der Waals surface area contributed by atoms with Crippen LogP contribution in [0.3, 0.4) is 0 Å². The lowest BCUT2D eigenvalue weighted by Gasteiger charge is -2.10. The molecule has 3 N–H and O–H groups in total. The predicted molar refractivity (Wildman–Crippen MR) is 83.9 cm³/mol.